The van der Waals surface area contributed by atoms with Gasteiger partial charge in [-0.2, -0.15) is 5.10 Å². The van der Waals surface area contributed by atoms with E-state index in [-0.39, 0.29) is 24.3 Å². The molecule has 7 heteroatoms. The van der Waals surface area contributed by atoms with Gasteiger partial charge in [-0.05, 0) is 32.4 Å². The molecule has 0 aliphatic carbocycles. The van der Waals surface area contributed by atoms with Gasteiger partial charge in [0.15, 0.2) is 0 Å². The third-order valence-electron chi connectivity index (χ3n) is 4.97. The zero-order chi connectivity index (χ0) is 18.8. The van der Waals surface area contributed by atoms with Crippen LogP contribution in [-0.4, -0.2) is 52.2 Å². The molecule has 138 valence electrons. The molecule has 3 N–H and O–H groups in total. The van der Waals surface area contributed by atoms with Crippen LogP contribution in [0.4, 0.5) is 0 Å². The van der Waals surface area contributed by atoms with Crippen molar-refractivity contribution in [3.63, 3.8) is 0 Å². The monoisotopic (exact) mass is 355 g/mol. The van der Waals surface area contributed by atoms with Crippen molar-refractivity contribution in [2.24, 2.45) is 5.73 Å². The third-order valence-corrected chi connectivity index (χ3v) is 4.97. The van der Waals surface area contributed by atoms with Crippen LogP contribution in [0.1, 0.15) is 23.4 Å². The number of nitrogens with one attached hydrogen (secondary N) is 1. The molecular formula is C19H25N5O2. The molecule has 0 unspecified atom stereocenters. The van der Waals surface area contributed by atoms with Gasteiger partial charge in [-0.25, -0.2) is 4.68 Å². The zero-order valence-electron chi connectivity index (χ0n) is 15.4. The summed E-state index contributed by atoms with van der Waals surface area (Å²) in [6, 6.07) is 9.16. The molecule has 2 amide bonds. The van der Waals surface area contributed by atoms with Crippen LogP contribution in [-0.2, 0) is 16.0 Å². The van der Waals surface area contributed by atoms with Crippen molar-refractivity contribution < 1.29 is 9.59 Å². The van der Waals surface area contributed by atoms with Crippen LogP contribution in [0.2, 0.25) is 0 Å². The number of carbonyl (C=O) groups is 2. The summed E-state index contributed by atoms with van der Waals surface area (Å²) >= 11 is 0. The minimum Gasteiger partial charge on any atom is -0.357 e. The molecule has 1 aliphatic rings. The third kappa shape index (κ3) is 3.35. The quantitative estimate of drug-likeness (QED) is 0.844. The van der Waals surface area contributed by atoms with Crippen LogP contribution in [0.3, 0.4) is 0 Å². The first-order valence-corrected chi connectivity index (χ1v) is 8.79. The highest BCUT2D eigenvalue weighted by Crippen LogP contribution is 2.22. The predicted octanol–water partition coefficient (Wildman–Crippen LogP) is 0.706. The number of likely N-dealkylation sites (tertiary alicyclic amines) is 1. The Morgan fingerprint density at radius 2 is 1.96 bits per heavy atom. The Hall–Kier alpha value is -2.67. The van der Waals surface area contributed by atoms with Crippen molar-refractivity contribution in [1.82, 2.24) is 20.0 Å². The molecule has 0 spiro atoms. The van der Waals surface area contributed by atoms with Gasteiger partial charge in [-0.3, -0.25) is 9.59 Å². The van der Waals surface area contributed by atoms with Gasteiger partial charge < -0.3 is 16.0 Å². The lowest BCUT2D eigenvalue weighted by Crippen LogP contribution is -2.45. The van der Waals surface area contributed by atoms with Crippen molar-refractivity contribution in [3.8, 4) is 5.69 Å². The summed E-state index contributed by atoms with van der Waals surface area (Å²) < 4.78 is 1.85. The predicted molar refractivity (Wildman–Crippen MR) is 98.9 cm³/mol. The molecule has 1 saturated heterocycles. The number of aromatic nitrogens is 2. The Morgan fingerprint density at radius 1 is 1.27 bits per heavy atom. The fourth-order valence-corrected chi connectivity index (χ4v) is 3.56. The van der Waals surface area contributed by atoms with Crippen LogP contribution in [0, 0.1) is 13.8 Å². The lowest BCUT2D eigenvalue weighted by molar-refractivity contribution is -0.137. The van der Waals surface area contributed by atoms with Gasteiger partial charge in [0.25, 0.3) is 0 Å². The number of amides is 2. The first-order chi connectivity index (χ1) is 12.4. The molecule has 7 nitrogen and oxygen atoms in total. The van der Waals surface area contributed by atoms with Gasteiger partial charge in [-0.15, -0.1) is 0 Å². The Balaban J connectivity index is 1.84. The number of nitrogens with two attached hydrogens (primary N) is 1. The summed E-state index contributed by atoms with van der Waals surface area (Å²) in [5.74, 6) is -0.259. The zero-order valence-corrected chi connectivity index (χ0v) is 15.4. The first kappa shape index (κ1) is 18.1. The van der Waals surface area contributed by atoms with Crippen LogP contribution in [0.15, 0.2) is 30.3 Å². The van der Waals surface area contributed by atoms with Crippen LogP contribution >= 0.6 is 0 Å². The van der Waals surface area contributed by atoms with Crippen molar-refractivity contribution in [3.05, 3.63) is 47.3 Å². The highest BCUT2D eigenvalue weighted by Gasteiger charge is 2.37. The molecule has 1 fully saturated rings. The molecule has 1 aliphatic heterocycles. The molecule has 2 atom stereocenters. The number of aryl methyl sites for hydroxylation is 1. The Labute approximate surface area is 153 Å². The maximum absolute atomic E-state index is 12.9. The van der Waals surface area contributed by atoms with E-state index in [0.717, 1.165) is 22.6 Å². The Kier molecular flexibility index (Phi) is 5.08. The molecule has 3 rings (SSSR count). The number of hydrogen-bond donors (Lipinski definition) is 2. The van der Waals surface area contributed by atoms with E-state index < -0.39 is 6.04 Å². The van der Waals surface area contributed by atoms with E-state index in [1.165, 1.54) is 0 Å². The summed E-state index contributed by atoms with van der Waals surface area (Å²) in [6.07, 6.45) is 0.706. The SMILES string of the molecule is CNC(=O)[C@@H]1C[C@@H](N)CN1C(=O)Cc1c(C)nn(-c2ccccc2)c1C. The van der Waals surface area contributed by atoms with E-state index in [1.807, 2.05) is 48.9 Å². The fraction of sp³-hybridized carbons (Fsp3) is 0.421. The summed E-state index contributed by atoms with van der Waals surface area (Å²) in [5, 5.41) is 7.21. The second kappa shape index (κ2) is 7.29. The molecule has 2 heterocycles. The molecule has 0 radical (unpaired) electrons. The Bertz CT molecular complexity index is 815. The number of likely N-dealkylation sites (N-methyl/N-ethyl adjacent to an activating group) is 1. The van der Waals surface area contributed by atoms with Crippen LogP contribution < -0.4 is 11.1 Å². The average molecular weight is 355 g/mol. The second-order valence-corrected chi connectivity index (χ2v) is 6.75. The molecule has 0 bridgehead atoms. The van der Waals surface area contributed by atoms with Crippen molar-refractivity contribution in [1.29, 1.82) is 0 Å². The van der Waals surface area contributed by atoms with Crippen LogP contribution in [0.25, 0.3) is 5.69 Å². The highest BCUT2D eigenvalue weighted by molar-refractivity contribution is 5.89. The Morgan fingerprint density at radius 3 is 2.62 bits per heavy atom. The lowest BCUT2D eigenvalue weighted by Gasteiger charge is -2.23. The molecule has 1 aromatic carbocycles. The van der Waals surface area contributed by atoms with Crippen molar-refractivity contribution >= 4 is 11.8 Å². The van der Waals surface area contributed by atoms with Gasteiger partial charge in [0.1, 0.15) is 6.04 Å². The van der Waals surface area contributed by atoms with E-state index in [1.54, 1.807) is 11.9 Å². The summed E-state index contributed by atoms with van der Waals surface area (Å²) in [4.78, 5) is 26.6. The average Bonchev–Trinajstić information content (AvgIpc) is 3.16. The first-order valence-electron chi connectivity index (χ1n) is 8.79. The molecular weight excluding hydrogens is 330 g/mol. The number of benzene rings is 1. The molecule has 26 heavy (non-hydrogen) atoms. The number of hydrogen-bond acceptors (Lipinski definition) is 4. The van der Waals surface area contributed by atoms with E-state index in [4.69, 9.17) is 5.73 Å². The highest BCUT2D eigenvalue weighted by atomic mass is 16.2. The van der Waals surface area contributed by atoms with Gasteiger partial charge >= 0.3 is 0 Å². The van der Waals surface area contributed by atoms with Gasteiger partial charge in [0, 0.05) is 30.9 Å². The largest absolute Gasteiger partial charge is 0.357 e. The number of nitrogens with zero attached hydrogens (tertiary/aromatic N) is 3. The molecule has 1 aromatic heterocycles. The normalized spacial score (nSPS) is 19.6. The summed E-state index contributed by atoms with van der Waals surface area (Å²) in [7, 11) is 1.58. The van der Waals surface area contributed by atoms with E-state index in [0.29, 0.717) is 13.0 Å². The van der Waals surface area contributed by atoms with Gasteiger partial charge in [0.2, 0.25) is 11.8 Å². The maximum atomic E-state index is 12.9. The van der Waals surface area contributed by atoms with Crippen molar-refractivity contribution in [2.75, 3.05) is 13.6 Å². The summed E-state index contributed by atoms with van der Waals surface area (Å²) in [5.41, 5.74) is 9.60. The van der Waals surface area contributed by atoms with Crippen molar-refractivity contribution in [2.45, 2.75) is 38.8 Å². The number of carbonyl (C=O) groups excluding carboxylic acids is 2. The van der Waals surface area contributed by atoms with Crippen LogP contribution in [0.5, 0.6) is 0 Å². The standard InChI is InChI=1S/C19H25N5O2/c1-12-16(13(2)24(22-12)15-7-5-4-6-8-15)10-18(25)23-11-14(20)9-17(23)19(26)21-3/h4-8,14,17H,9-11,20H2,1-3H3,(H,21,26)/t14-,17+/m1/s1. The topological polar surface area (TPSA) is 93.2 Å². The fourth-order valence-electron chi connectivity index (χ4n) is 3.56. The van der Waals surface area contributed by atoms with E-state index >= 15 is 0 Å². The number of para-hydroxylation sites is 1. The second-order valence-electron chi connectivity index (χ2n) is 6.75. The summed E-state index contributed by atoms with van der Waals surface area (Å²) in [6.45, 7) is 4.27. The van der Waals surface area contributed by atoms with E-state index in [2.05, 4.69) is 10.4 Å². The molecule has 0 saturated carbocycles. The minimum absolute atomic E-state index is 0.0923. The number of rotatable bonds is 4. The smallest absolute Gasteiger partial charge is 0.242 e. The lowest BCUT2D eigenvalue weighted by atomic mass is 10.1. The van der Waals surface area contributed by atoms with Gasteiger partial charge in [0.05, 0.1) is 17.8 Å². The molecule has 2 aromatic rings. The van der Waals surface area contributed by atoms with E-state index in [9.17, 15) is 9.59 Å². The maximum Gasteiger partial charge on any atom is 0.242 e. The van der Waals surface area contributed by atoms with Gasteiger partial charge in [-0.1, -0.05) is 18.2 Å². The minimum atomic E-state index is -0.493.